The number of rotatable bonds is 4. The molecule has 18 heavy (non-hydrogen) atoms. The molecule has 98 valence electrons. The first-order chi connectivity index (χ1) is 8.36. The number of methoxy groups -OCH3 is 1. The van der Waals surface area contributed by atoms with Gasteiger partial charge in [0.25, 0.3) is 5.91 Å². The molecule has 5 nitrogen and oxygen atoms in total. The van der Waals surface area contributed by atoms with Crippen molar-refractivity contribution in [3.05, 3.63) is 29.3 Å². The van der Waals surface area contributed by atoms with E-state index in [2.05, 4.69) is 5.32 Å². The second kappa shape index (κ2) is 5.54. The summed E-state index contributed by atoms with van der Waals surface area (Å²) in [5.41, 5.74) is -1.24. The summed E-state index contributed by atoms with van der Waals surface area (Å²) in [4.78, 5) is 21.9. The van der Waals surface area contributed by atoms with E-state index in [0.717, 1.165) is 12.1 Å². The number of halogens is 2. The molecular weight excluding hydrogens is 248 g/mol. The van der Waals surface area contributed by atoms with Crippen molar-refractivity contribution in [1.29, 1.82) is 0 Å². The number of hydrogen-bond donors (Lipinski definition) is 2. The third-order valence-electron chi connectivity index (χ3n) is 2.25. The van der Waals surface area contributed by atoms with Crippen molar-refractivity contribution in [1.82, 2.24) is 0 Å². The molecule has 2 N–H and O–H groups in total. The van der Waals surface area contributed by atoms with E-state index in [0.29, 0.717) is 0 Å². The van der Waals surface area contributed by atoms with Crippen LogP contribution in [0.15, 0.2) is 12.1 Å². The van der Waals surface area contributed by atoms with Crippen molar-refractivity contribution < 1.29 is 28.2 Å². The third kappa shape index (κ3) is 3.01. The number of benzene rings is 1. The predicted molar refractivity (Wildman–Crippen MR) is 58.4 cm³/mol. The Morgan fingerprint density at radius 2 is 1.83 bits per heavy atom. The smallest absolute Gasteiger partial charge is 0.341 e. The van der Waals surface area contributed by atoms with Crippen molar-refractivity contribution in [3.63, 3.8) is 0 Å². The number of ether oxygens (including phenoxy) is 1. The van der Waals surface area contributed by atoms with Crippen LogP contribution in [0.4, 0.5) is 14.5 Å². The number of carbonyl (C=O) groups is 2. The second-order valence-corrected chi connectivity index (χ2v) is 3.49. The summed E-state index contributed by atoms with van der Waals surface area (Å²) >= 11 is 0. The van der Waals surface area contributed by atoms with Crippen LogP contribution in [0, 0.1) is 11.6 Å². The zero-order valence-corrected chi connectivity index (χ0v) is 9.66. The Balaban J connectivity index is 3.00. The number of carboxylic acid groups (broad SMARTS) is 1. The quantitative estimate of drug-likeness (QED) is 0.861. The maximum Gasteiger partial charge on any atom is 0.341 e. The Morgan fingerprint density at radius 1 is 1.33 bits per heavy atom. The average Bonchev–Trinajstić information content (AvgIpc) is 2.26. The number of anilines is 1. The molecule has 1 aromatic rings. The van der Waals surface area contributed by atoms with Crippen molar-refractivity contribution in [3.8, 4) is 0 Å². The fourth-order valence-corrected chi connectivity index (χ4v) is 1.20. The molecule has 0 heterocycles. The maximum atomic E-state index is 13.3. The van der Waals surface area contributed by atoms with Crippen molar-refractivity contribution >= 4 is 17.6 Å². The van der Waals surface area contributed by atoms with Gasteiger partial charge in [-0.25, -0.2) is 13.6 Å². The van der Waals surface area contributed by atoms with Crippen LogP contribution in [0.1, 0.15) is 17.3 Å². The van der Waals surface area contributed by atoms with E-state index in [4.69, 9.17) is 9.84 Å². The lowest BCUT2D eigenvalue weighted by molar-refractivity contribution is -0.124. The summed E-state index contributed by atoms with van der Waals surface area (Å²) in [5, 5.41) is 10.8. The van der Waals surface area contributed by atoms with Crippen LogP contribution < -0.4 is 5.32 Å². The van der Waals surface area contributed by atoms with E-state index in [9.17, 15) is 18.4 Å². The van der Waals surface area contributed by atoms with Crippen molar-refractivity contribution in [2.45, 2.75) is 13.0 Å². The van der Waals surface area contributed by atoms with Gasteiger partial charge in [-0.1, -0.05) is 0 Å². The Labute approximate surface area is 101 Å². The molecule has 1 rings (SSSR count). The van der Waals surface area contributed by atoms with Crippen LogP contribution in [-0.2, 0) is 9.53 Å². The molecule has 0 aliphatic rings. The largest absolute Gasteiger partial charge is 0.477 e. The highest BCUT2D eigenvalue weighted by atomic mass is 19.1. The van der Waals surface area contributed by atoms with Gasteiger partial charge in [0.1, 0.15) is 23.3 Å². The van der Waals surface area contributed by atoms with Crippen LogP contribution in [0.3, 0.4) is 0 Å². The Bertz CT molecular complexity index is 467. The van der Waals surface area contributed by atoms with Crippen molar-refractivity contribution in [2.75, 3.05) is 12.4 Å². The zero-order valence-electron chi connectivity index (χ0n) is 9.66. The Kier molecular flexibility index (Phi) is 4.33. The molecule has 0 bridgehead atoms. The van der Waals surface area contributed by atoms with E-state index in [-0.39, 0.29) is 5.69 Å². The lowest BCUT2D eigenvalue weighted by Gasteiger charge is -2.11. The minimum atomic E-state index is -1.71. The first kappa shape index (κ1) is 14.0. The van der Waals surface area contributed by atoms with E-state index in [1.165, 1.54) is 14.0 Å². The van der Waals surface area contributed by atoms with Crippen LogP contribution >= 0.6 is 0 Å². The summed E-state index contributed by atoms with van der Waals surface area (Å²) in [7, 11) is 1.30. The van der Waals surface area contributed by atoms with Gasteiger partial charge < -0.3 is 15.2 Å². The lowest BCUT2D eigenvalue weighted by atomic mass is 10.1. The minimum Gasteiger partial charge on any atom is -0.477 e. The molecule has 1 atom stereocenters. The molecule has 0 fully saturated rings. The molecule has 7 heteroatoms. The highest BCUT2D eigenvalue weighted by molar-refractivity contribution is 5.95. The monoisotopic (exact) mass is 259 g/mol. The van der Waals surface area contributed by atoms with E-state index < -0.39 is 35.2 Å². The molecule has 0 aliphatic carbocycles. The van der Waals surface area contributed by atoms with Crippen LogP contribution in [0.2, 0.25) is 0 Å². The maximum absolute atomic E-state index is 13.3. The number of hydrogen-bond acceptors (Lipinski definition) is 3. The second-order valence-electron chi connectivity index (χ2n) is 3.49. The lowest BCUT2D eigenvalue weighted by Crippen LogP contribution is -2.26. The molecule has 0 spiro atoms. The van der Waals surface area contributed by atoms with E-state index >= 15 is 0 Å². The summed E-state index contributed by atoms with van der Waals surface area (Å²) in [6.07, 6.45) is -0.796. The number of nitrogens with one attached hydrogen (secondary N) is 1. The van der Waals surface area contributed by atoms with Crippen LogP contribution in [0.25, 0.3) is 0 Å². The third-order valence-corrected chi connectivity index (χ3v) is 2.25. The SMILES string of the molecule is COC(C)C(=O)Nc1cc(F)c(C(=O)O)c(F)c1. The topological polar surface area (TPSA) is 75.6 Å². The fraction of sp³-hybridized carbons (Fsp3) is 0.273. The van der Waals surface area contributed by atoms with Crippen LogP contribution in [-0.4, -0.2) is 30.2 Å². The number of carbonyl (C=O) groups excluding carboxylic acids is 1. The van der Waals surface area contributed by atoms with Gasteiger partial charge in [-0.2, -0.15) is 0 Å². The minimum absolute atomic E-state index is 0.177. The highest BCUT2D eigenvalue weighted by Crippen LogP contribution is 2.19. The zero-order chi connectivity index (χ0) is 13.9. The summed E-state index contributed by atoms with van der Waals surface area (Å²) in [6.45, 7) is 1.45. The summed E-state index contributed by atoms with van der Waals surface area (Å²) in [6, 6.07) is 1.46. The standard InChI is InChI=1S/C11H11F2NO4/c1-5(18-2)10(15)14-6-3-7(12)9(11(16)17)8(13)4-6/h3-5H,1-2H3,(H,14,15)(H,16,17). The average molecular weight is 259 g/mol. The molecule has 0 aromatic heterocycles. The normalized spacial score (nSPS) is 12.0. The summed E-state index contributed by atoms with van der Waals surface area (Å²) < 4.78 is 31.3. The molecule has 0 radical (unpaired) electrons. The van der Waals surface area contributed by atoms with Crippen molar-refractivity contribution in [2.24, 2.45) is 0 Å². The first-order valence-electron chi connectivity index (χ1n) is 4.92. The molecule has 0 saturated carbocycles. The van der Waals surface area contributed by atoms with E-state index in [1.54, 1.807) is 0 Å². The molecule has 1 amide bonds. The predicted octanol–water partition coefficient (Wildman–Crippen LogP) is 1.64. The molecule has 1 unspecified atom stereocenters. The van der Waals surface area contributed by atoms with Gasteiger partial charge in [-0.05, 0) is 19.1 Å². The van der Waals surface area contributed by atoms with Gasteiger partial charge in [0, 0.05) is 12.8 Å². The van der Waals surface area contributed by atoms with E-state index in [1.807, 2.05) is 0 Å². The number of aromatic carboxylic acids is 1. The van der Waals surface area contributed by atoms with Gasteiger partial charge >= 0.3 is 5.97 Å². The first-order valence-corrected chi connectivity index (χ1v) is 4.92. The van der Waals surface area contributed by atoms with Gasteiger partial charge in [0.2, 0.25) is 0 Å². The summed E-state index contributed by atoms with van der Waals surface area (Å²) in [5.74, 6) is -4.83. The van der Waals surface area contributed by atoms with Gasteiger partial charge in [0.05, 0.1) is 0 Å². The highest BCUT2D eigenvalue weighted by Gasteiger charge is 2.19. The fourth-order valence-electron chi connectivity index (χ4n) is 1.20. The molecular formula is C11H11F2NO4. The Hall–Kier alpha value is -2.02. The number of amides is 1. The van der Waals surface area contributed by atoms with Crippen LogP contribution in [0.5, 0.6) is 0 Å². The Morgan fingerprint density at radius 3 is 2.22 bits per heavy atom. The van der Waals surface area contributed by atoms with Gasteiger partial charge in [-0.3, -0.25) is 4.79 Å². The molecule has 1 aromatic carbocycles. The molecule has 0 saturated heterocycles. The molecule has 0 aliphatic heterocycles. The number of carboxylic acids is 1. The van der Waals surface area contributed by atoms with Gasteiger partial charge in [-0.15, -0.1) is 0 Å². The van der Waals surface area contributed by atoms with Gasteiger partial charge in [0.15, 0.2) is 0 Å².